The van der Waals surface area contributed by atoms with Gasteiger partial charge in [0.05, 0.1) is 20.3 Å². The summed E-state index contributed by atoms with van der Waals surface area (Å²) in [6, 6.07) is 16.4. The standard InChI is InChI=1S/C34H39NO14S/c1-17-11-13-22(14-12-17)50-33-24-26(49-34(40)35-24)25(23(46-33)16-42-15-21-9-7-6-8-10-21)47-32-30(45-20(4)38)28(44-19(3)37)27(43-18(2)36)29(48-32)31(39)41-5/h6-14,23-30,32-33H,15-16H2,1-5H3,(H,35,40)/t23-,24-,25-,26-,27+,28+,29+,30-,32-,33+/m1/s1. The molecule has 0 radical (unpaired) electrons. The van der Waals surface area contributed by atoms with Crippen LogP contribution in [0.2, 0.25) is 0 Å². The van der Waals surface area contributed by atoms with Gasteiger partial charge in [-0.3, -0.25) is 14.4 Å². The summed E-state index contributed by atoms with van der Waals surface area (Å²) in [7, 11) is 1.08. The minimum Gasteiger partial charge on any atom is -0.467 e. The number of thioether (sulfide) groups is 1. The first kappa shape index (κ1) is 37.0. The molecule has 50 heavy (non-hydrogen) atoms. The number of hydrogen-bond donors (Lipinski definition) is 1. The van der Waals surface area contributed by atoms with E-state index in [9.17, 15) is 24.0 Å². The van der Waals surface area contributed by atoms with Crippen LogP contribution in [-0.2, 0) is 68.4 Å². The van der Waals surface area contributed by atoms with Crippen molar-refractivity contribution in [2.45, 2.75) is 99.7 Å². The number of carbonyl (C=O) groups is 5. The molecule has 0 aromatic heterocycles. The molecule has 1 amide bonds. The van der Waals surface area contributed by atoms with Crippen molar-refractivity contribution in [1.29, 1.82) is 0 Å². The van der Waals surface area contributed by atoms with Crippen molar-refractivity contribution < 1.29 is 66.6 Å². The third-order valence-electron chi connectivity index (χ3n) is 7.97. The number of ether oxygens (including phenoxy) is 9. The van der Waals surface area contributed by atoms with Gasteiger partial charge in [-0.2, -0.15) is 0 Å². The Balaban J connectivity index is 1.49. The molecule has 1 N–H and O–H groups in total. The summed E-state index contributed by atoms with van der Waals surface area (Å²) >= 11 is 1.37. The zero-order chi connectivity index (χ0) is 35.9. The topological polar surface area (TPSA) is 180 Å². The third kappa shape index (κ3) is 9.11. The van der Waals surface area contributed by atoms with Gasteiger partial charge in [-0.25, -0.2) is 9.59 Å². The van der Waals surface area contributed by atoms with Crippen LogP contribution in [0, 0.1) is 6.92 Å². The Labute approximate surface area is 292 Å². The maximum atomic E-state index is 13.0. The molecule has 15 nitrogen and oxygen atoms in total. The maximum absolute atomic E-state index is 13.0. The number of benzene rings is 2. The van der Waals surface area contributed by atoms with E-state index in [-0.39, 0.29) is 13.2 Å². The Bertz CT molecular complexity index is 1520. The number of rotatable bonds is 12. The van der Waals surface area contributed by atoms with E-state index >= 15 is 0 Å². The van der Waals surface area contributed by atoms with Crippen molar-refractivity contribution in [2.24, 2.45) is 0 Å². The Kier molecular flexibility index (Phi) is 12.3. The average Bonchev–Trinajstić information content (AvgIpc) is 3.47. The Morgan fingerprint density at radius 3 is 2.10 bits per heavy atom. The molecule has 16 heteroatoms. The zero-order valence-corrected chi connectivity index (χ0v) is 28.8. The molecule has 0 saturated carbocycles. The fraction of sp³-hybridized carbons (Fsp3) is 0.500. The lowest BCUT2D eigenvalue weighted by Gasteiger charge is -2.47. The second-order valence-electron chi connectivity index (χ2n) is 11.8. The first-order valence-corrected chi connectivity index (χ1v) is 16.7. The molecule has 2 aromatic rings. The number of aryl methyl sites for hydroxylation is 1. The van der Waals surface area contributed by atoms with Gasteiger partial charge < -0.3 is 47.9 Å². The van der Waals surface area contributed by atoms with Crippen LogP contribution >= 0.6 is 11.8 Å². The number of fused-ring (bicyclic) bond motifs is 1. The number of nitrogens with one attached hydrogen (secondary N) is 1. The largest absolute Gasteiger partial charge is 0.467 e. The molecule has 3 heterocycles. The predicted octanol–water partition coefficient (Wildman–Crippen LogP) is 2.58. The SMILES string of the molecule is COC(=O)[C@H]1O[C@@H](O[C@H]2[C@@H]3OC(=O)N[C@H]3[C@H](Sc3ccc(C)cc3)O[C@@H]2COCc2ccccc2)[C@H](OC(C)=O)[C@@H](OC(C)=O)[C@@H]1OC(C)=O. The van der Waals surface area contributed by atoms with Crippen LogP contribution in [0.4, 0.5) is 4.79 Å². The number of amides is 1. The predicted molar refractivity (Wildman–Crippen MR) is 171 cm³/mol. The molecule has 3 fully saturated rings. The van der Waals surface area contributed by atoms with E-state index < -0.39 is 90.5 Å². The molecule has 0 aliphatic carbocycles. The highest BCUT2D eigenvalue weighted by Gasteiger charge is 2.59. The lowest BCUT2D eigenvalue weighted by Crippen LogP contribution is -2.66. The zero-order valence-electron chi connectivity index (χ0n) is 28.0. The van der Waals surface area contributed by atoms with Gasteiger partial charge in [0.2, 0.25) is 0 Å². The fourth-order valence-corrected chi connectivity index (χ4v) is 6.98. The molecule has 3 saturated heterocycles. The maximum Gasteiger partial charge on any atom is 0.408 e. The summed E-state index contributed by atoms with van der Waals surface area (Å²) in [6.07, 6.45) is -11.9. The van der Waals surface area contributed by atoms with Gasteiger partial charge in [-0.15, -0.1) is 0 Å². The molecule has 0 spiro atoms. The smallest absolute Gasteiger partial charge is 0.408 e. The van der Waals surface area contributed by atoms with Crippen molar-refractivity contribution in [3.8, 4) is 0 Å². The van der Waals surface area contributed by atoms with E-state index in [1.165, 1.54) is 11.8 Å². The van der Waals surface area contributed by atoms with Crippen LogP contribution in [0.25, 0.3) is 0 Å². The molecule has 0 bridgehead atoms. The van der Waals surface area contributed by atoms with Gasteiger partial charge in [-0.1, -0.05) is 59.8 Å². The second-order valence-corrected chi connectivity index (χ2v) is 13.0. The first-order chi connectivity index (χ1) is 23.9. The molecular formula is C34H39NO14S. The molecular weight excluding hydrogens is 678 g/mol. The summed E-state index contributed by atoms with van der Waals surface area (Å²) in [4.78, 5) is 63.4. The number of hydrogen-bond acceptors (Lipinski definition) is 15. The average molecular weight is 718 g/mol. The molecule has 2 aromatic carbocycles. The van der Waals surface area contributed by atoms with Crippen LogP contribution in [0.3, 0.4) is 0 Å². The van der Waals surface area contributed by atoms with E-state index in [0.717, 1.165) is 43.9 Å². The molecule has 0 unspecified atom stereocenters. The van der Waals surface area contributed by atoms with E-state index in [1.807, 2.05) is 61.5 Å². The van der Waals surface area contributed by atoms with Crippen LogP contribution in [0.1, 0.15) is 31.9 Å². The monoisotopic (exact) mass is 717 g/mol. The highest BCUT2D eigenvalue weighted by atomic mass is 32.2. The molecule has 3 aliphatic heterocycles. The van der Waals surface area contributed by atoms with E-state index in [1.54, 1.807) is 0 Å². The van der Waals surface area contributed by atoms with Crippen molar-refractivity contribution in [3.05, 3.63) is 65.7 Å². The lowest BCUT2D eigenvalue weighted by molar-refractivity contribution is -0.329. The summed E-state index contributed by atoms with van der Waals surface area (Å²) < 4.78 is 52.1. The van der Waals surface area contributed by atoms with Gasteiger partial charge in [0.1, 0.15) is 23.7 Å². The first-order valence-electron chi connectivity index (χ1n) is 15.8. The van der Waals surface area contributed by atoms with Crippen LogP contribution in [-0.4, -0.2) is 104 Å². The van der Waals surface area contributed by atoms with Gasteiger partial charge in [0.25, 0.3) is 0 Å². The van der Waals surface area contributed by atoms with E-state index in [0.29, 0.717) is 0 Å². The van der Waals surface area contributed by atoms with Gasteiger partial charge in [0, 0.05) is 25.7 Å². The highest BCUT2D eigenvalue weighted by molar-refractivity contribution is 7.99. The molecule has 270 valence electrons. The van der Waals surface area contributed by atoms with Gasteiger partial charge in [0.15, 0.2) is 36.8 Å². The van der Waals surface area contributed by atoms with Crippen LogP contribution < -0.4 is 5.32 Å². The molecule has 3 aliphatic rings. The Hall–Kier alpha value is -4.22. The van der Waals surface area contributed by atoms with Crippen molar-refractivity contribution >= 4 is 41.7 Å². The molecule has 5 rings (SSSR count). The summed E-state index contributed by atoms with van der Waals surface area (Å²) in [5.41, 5.74) is 1.30. The quantitative estimate of drug-likeness (QED) is 0.250. The van der Waals surface area contributed by atoms with Gasteiger partial charge in [-0.05, 0) is 24.6 Å². The minimum atomic E-state index is -1.69. The normalized spacial score (nSPS) is 30.2. The number of alkyl carbamates (subject to hydrolysis) is 1. The lowest BCUT2D eigenvalue weighted by atomic mass is 9.96. The molecule has 10 atom stereocenters. The van der Waals surface area contributed by atoms with Crippen molar-refractivity contribution in [3.63, 3.8) is 0 Å². The van der Waals surface area contributed by atoms with Crippen molar-refractivity contribution in [2.75, 3.05) is 13.7 Å². The Morgan fingerprint density at radius 1 is 0.820 bits per heavy atom. The van der Waals surface area contributed by atoms with E-state index in [2.05, 4.69) is 5.32 Å². The summed E-state index contributed by atoms with van der Waals surface area (Å²) in [5.74, 6) is -3.50. The Morgan fingerprint density at radius 2 is 1.46 bits per heavy atom. The number of methoxy groups -OCH3 is 1. The van der Waals surface area contributed by atoms with E-state index in [4.69, 9.17) is 42.6 Å². The summed E-state index contributed by atoms with van der Waals surface area (Å²) in [5, 5.41) is 2.80. The third-order valence-corrected chi connectivity index (χ3v) is 9.15. The van der Waals surface area contributed by atoms with Gasteiger partial charge >= 0.3 is 30.0 Å². The number of carbonyl (C=O) groups excluding carboxylic acids is 5. The van der Waals surface area contributed by atoms with Crippen LogP contribution in [0.15, 0.2) is 59.5 Å². The second kappa shape index (κ2) is 16.7. The summed E-state index contributed by atoms with van der Waals surface area (Å²) in [6.45, 7) is 5.40. The minimum absolute atomic E-state index is 0.0554. The highest BCUT2D eigenvalue weighted by Crippen LogP contribution is 2.40. The number of esters is 4. The fourth-order valence-electron chi connectivity index (χ4n) is 5.85. The van der Waals surface area contributed by atoms with Crippen LogP contribution in [0.5, 0.6) is 0 Å². The van der Waals surface area contributed by atoms with Crippen molar-refractivity contribution in [1.82, 2.24) is 5.32 Å².